The molecule has 0 saturated heterocycles. The van der Waals surface area contributed by atoms with Gasteiger partial charge in [-0.3, -0.25) is 9.79 Å². The molecule has 1 amide bonds. The number of aliphatic imine (C=N–C) groups is 1. The standard InChI is InChI=1S/C19H29F3N4O2/c1-18(2,3)15(28-5)12-26-17(23-4)25-11-10-24-16(27)13-6-8-14(9-7-13)19(20,21)22/h6-9,15H,10-12H2,1-5H3,(H,24,27)(H2,23,25,26). The molecule has 0 fully saturated rings. The van der Waals surface area contributed by atoms with Crippen molar-refractivity contribution in [2.75, 3.05) is 33.8 Å². The first-order chi connectivity index (χ1) is 13.0. The Morgan fingerprint density at radius 1 is 1.07 bits per heavy atom. The molecule has 1 atom stereocenters. The topological polar surface area (TPSA) is 74.8 Å². The van der Waals surface area contributed by atoms with E-state index in [0.29, 0.717) is 19.0 Å². The van der Waals surface area contributed by atoms with E-state index in [1.165, 1.54) is 0 Å². The Hall–Kier alpha value is -2.29. The Kier molecular flexibility index (Phi) is 8.74. The molecule has 0 aliphatic rings. The largest absolute Gasteiger partial charge is 0.416 e. The van der Waals surface area contributed by atoms with E-state index in [9.17, 15) is 18.0 Å². The molecule has 0 radical (unpaired) electrons. The molecule has 0 spiro atoms. The van der Waals surface area contributed by atoms with Gasteiger partial charge in [-0.15, -0.1) is 0 Å². The van der Waals surface area contributed by atoms with Crippen LogP contribution in [0.5, 0.6) is 0 Å². The molecule has 0 heterocycles. The van der Waals surface area contributed by atoms with Crippen molar-refractivity contribution in [2.45, 2.75) is 33.1 Å². The van der Waals surface area contributed by atoms with Crippen molar-refractivity contribution >= 4 is 11.9 Å². The number of nitrogens with zero attached hydrogens (tertiary/aromatic N) is 1. The first-order valence-corrected chi connectivity index (χ1v) is 8.91. The number of alkyl halides is 3. The number of ether oxygens (including phenoxy) is 1. The van der Waals surface area contributed by atoms with Gasteiger partial charge in [0, 0.05) is 39.4 Å². The predicted molar refractivity (Wildman–Crippen MR) is 103 cm³/mol. The Morgan fingerprint density at radius 3 is 2.11 bits per heavy atom. The lowest BCUT2D eigenvalue weighted by molar-refractivity contribution is -0.137. The SMILES string of the molecule is CN=C(NCCNC(=O)c1ccc(C(F)(F)F)cc1)NCC(OC)C(C)(C)C. The number of carbonyl (C=O) groups is 1. The third-order valence-corrected chi connectivity index (χ3v) is 4.11. The van der Waals surface area contributed by atoms with Gasteiger partial charge in [0.25, 0.3) is 5.91 Å². The lowest BCUT2D eigenvalue weighted by atomic mass is 9.89. The second kappa shape index (κ2) is 10.3. The first kappa shape index (κ1) is 23.7. The van der Waals surface area contributed by atoms with E-state index in [4.69, 9.17) is 4.74 Å². The van der Waals surface area contributed by atoms with Gasteiger partial charge in [0.15, 0.2) is 5.96 Å². The summed E-state index contributed by atoms with van der Waals surface area (Å²) in [6, 6.07) is 4.09. The molecule has 0 aromatic heterocycles. The lowest BCUT2D eigenvalue weighted by Crippen LogP contribution is -2.46. The maximum absolute atomic E-state index is 12.5. The highest BCUT2D eigenvalue weighted by Gasteiger charge is 2.30. The van der Waals surface area contributed by atoms with Crippen LogP contribution in [0, 0.1) is 5.41 Å². The minimum absolute atomic E-state index is 0.00887. The van der Waals surface area contributed by atoms with Gasteiger partial charge in [0.1, 0.15) is 0 Å². The van der Waals surface area contributed by atoms with Crippen molar-refractivity contribution in [3.63, 3.8) is 0 Å². The van der Waals surface area contributed by atoms with Gasteiger partial charge in [0.05, 0.1) is 11.7 Å². The highest BCUT2D eigenvalue weighted by atomic mass is 19.4. The van der Waals surface area contributed by atoms with Crippen LogP contribution in [0.4, 0.5) is 13.2 Å². The predicted octanol–water partition coefficient (Wildman–Crippen LogP) is 2.66. The van der Waals surface area contributed by atoms with Crippen LogP contribution < -0.4 is 16.0 Å². The summed E-state index contributed by atoms with van der Waals surface area (Å²) in [6.45, 7) is 7.49. The summed E-state index contributed by atoms with van der Waals surface area (Å²) in [4.78, 5) is 16.1. The molecule has 28 heavy (non-hydrogen) atoms. The van der Waals surface area contributed by atoms with Gasteiger partial charge in [-0.25, -0.2) is 0 Å². The summed E-state index contributed by atoms with van der Waals surface area (Å²) >= 11 is 0. The van der Waals surface area contributed by atoms with Gasteiger partial charge in [0.2, 0.25) is 0 Å². The maximum atomic E-state index is 12.5. The van der Waals surface area contributed by atoms with Crippen molar-refractivity contribution < 1.29 is 22.7 Å². The van der Waals surface area contributed by atoms with Crippen molar-refractivity contribution in [3.8, 4) is 0 Å². The Morgan fingerprint density at radius 2 is 1.64 bits per heavy atom. The molecule has 0 aliphatic carbocycles. The van der Waals surface area contributed by atoms with Gasteiger partial charge in [-0.1, -0.05) is 20.8 Å². The van der Waals surface area contributed by atoms with Crippen LogP contribution in [0.25, 0.3) is 0 Å². The minimum Gasteiger partial charge on any atom is -0.379 e. The van der Waals surface area contributed by atoms with Gasteiger partial charge in [-0.2, -0.15) is 13.2 Å². The number of guanidine groups is 1. The van der Waals surface area contributed by atoms with E-state index >= 15 is 0 Å². The van der Waals surface area contributed by atoms with Crippen LogP contribution in [-0.2, 0) is 10.9 Å². The summed E-state index contributed by atoms with van der Waals surface area (Å²) in [5.41, 5.74) is -0.648. The maximum Gasteiger partial charge on any atom is 0.416 e. The van der Waals surface area contributed by atoms with Gasteiger partial charge >= 0.3 is 6.18 Å². The number of methoxy groups -OCH3 is 1. The fourth-order valence-corrected chi connectivity index (χ4v) is 2.42. The van der Waals surface area contributed by atoms with Crippen LogP contribution in [0.3, 0.4) is 0 Å². The molecule has 158 valence electrons. The summed E-state index contributed by atoms with van der Waals surface area (Å²) < 4.78 is 43.1. The third-order valence-electron chi connectivity index (χ3n) is 4.11. The molecular weight excluding hydrogens is 373 g/mol. The Bertz CT molecular complexity index is 653. The Balaban J connectivity index is 2.41. The van der Waals surface area contributed by atoms with E-state index in [2.05, 4.69) is 41.7 Å². The number of hydrogen-bond donors (Lipinski definition) is 3. The quantitative estimate of drug-likeness (QED) is 0.372. The smallest absolute Gasteiger partial charge is 0.379 e. The van der Waals surface area contributed by atoms with Crippen molar-refractivity contribution in [2.24, 2.45) is 10.4 Å². The fraction of sp³-hybridized carbons (Fsp3) is 0.579. The zero-order valence-corrected chi connectivity index (χ0v) is 16.9. The second-order valence-electron chi connectivity index (χ2n) is 7.30. The molecule has 0 aliphatic heterocycles. The molecule has 0 bridgehead atoms. The van der Waals surface area contributed by atoms with E-state index in [-0.39, 0.29) is 23.6 Å². The molecule has 0 saturated carbocycles. The van der Waals surface area contributed by atoms with Crippen molar-refractivity contribution in [3.05, 3.63) is 35.4 Å². The Labute approximate surface area is 163 Å². The fourth-order valence-electron chi connectivity index (χ4n) is 2.42. The monoisotopic (exact) mass is 402 g/mol. The number of carbonyl (C=O) groups excluding carboxylic acids is 1. The zero-order valence-electron chi connectivity index (χ0n) is 16.9. The number of benzene rings is 1. The molecule has 1 unspecified atom stereocenters. The molecule has 9 heteroatoms. The summed E-state index contributed by atoms with van der Waals surface area (Å²) in [5, 5.41) is 8.86. The average Bonchev–Trinajstić information content (AvgIpc) is 2.62. The zero-order chi connectivity index (χ0) is 21.4. The number of nitrogens with one attached hydrogen (secondary N) is 3. The van der Waals surface area contributed by atoms with Gasteiger partial charge < -0.3 is 20.7 Å². The first-order valence-electron chi connectivity index (χ1n) is 8.91. The summed E-state index contributed by atoms with van der Waals surface area (Å²) in [5.74, 6) is 0.126. The molecule has 1 aromatic carbocycles. The van der Waals surface area contributed by atoms with Crippen LogP contribution >= 0.6 is 0 Å². The molecule has 1 aromatic rings. The summed E-state index contributed by atoms with van der Waals surface area (Å²) in [6.07, 6.45) is -4.43. The average molecular weight is 402 g/mol. The van der Waals surface area contributed by atoms with E-state index in [0.717, 1.165) is 24.3 Å². The number of hydrogen-bond acceptors (Lipinski definition) is 3. The second-order valence-corrected chi connectivity index (χ2v) is 7.30. The van der Waals surface area contributed by atoms with E-state index in [1.54, 1.807) is 14.2 Å². The van der Waals surface area contributed by atoms with Crippen LogP contribution in [0.1, 0.15) is 36.7 Å². The number of amides is 1. The normalized spacial score (nSPS) is 13.8. The minimum atomic E-state index is -4.42. The van der Waals surface area contributed by atoms with E-state index in [1.807, 2.05) is 0 Å². The number of rotatable bonds is 7. The van der Waals surface area contributed by atoms with Crippen LogP contribution in [0.15, 0.2) is 29.3 Å². The number of halogens is 3. The van der Waals surface area contributed by atoms with Crippen LogP contribution in [0.2, 0.25) is 0 Å². The summed E-state index contributed by atoms with van der Waals surface area (Å²) in [7, 11) is 3.29. The molecule has 1 rings (SSSR count). The molecule has 3 N–H and O–H groups in total. The highest BCUT2D eigenvalue weighted by Crippen LogP contribution is 2.29. The third kappa shape index (κ3) is 7.75. The van der Waals surface area contributed by atoms with Crippen LogP contribution in [-0.4, -0.2) is 51.8 Å². The highest BCUT2D eigenvalue weighted by molar-refractivity contribution is 5.94. The van der Waals surface area contributed by atoms with E-state index < -0.39 is 17.6 Å². The van der Waals surface area contributed by atoms with Crippen molar-refractivity contribution in [1.82, 2.24) is 16.0 Å². The molecular formula is C19H29F3N4O2. The molecule has 6 nitrogen and oxygen atoms in total. The lowest BCUT2D eigenvalue weighted by Gasteiger charge is -2.30. The van der Waals surface area contributed by atoms with Crippen molar-refractivity contribution in [1.29, 1.82) is 0 Å². The van der Waals surface area contributed by atoms with Gasteiger partial charge in [-0.05, 0) is 29.7 Å².